The molecule has 0 spiro atoms. The number of morpholine rings is 1. The summed E-state index contributed by atoms with van der Waals surface area (Å²) in [6.07, 6.45) is 4.74. The van der Waals surface area contributed by atoms with Crippen molar-refractivity contribution in [2.24, 2.45) is 0 Å². The molecule has 0 N–H and O–H groups in total. The molecule has 2 fully saturated rings. The van der Waals surface area contributed by atoms with Gasteiger partial charge in [-0.1, -0.05) is 0 Å². The lowest BCUT2D eigenvalue weighted by atomic mass is 10.2. The summed E-state index contributed by atoms with van der Waals surface area (Å²) in [6, 6.07) is 0.238. The first-order chi connectivity index (χ1) is 10.1. The van der Waals surface area contributed by atoms with E-state index in [4.69, 9.17) is 16.3 Å². The van der Waals surface area contributed by atoms with Crippen molar-refractivity contribution >= 4 is 28.5 Å². The molecular weight excluding hydrogens is 290 g/mol. The lowest BCUT2D eigenvalue weighted by Gasteiger charge is -2.33. The Balaban J connectivity index is 1.81. The molecule has 0 amide bonds. The van der Waals surface area contributed by atoms with Gasteiger partial charge in [-0.05, 0) is 38.3 Å². The Hall–Kier alpha value is -1.40. The average molecular weight is 308 g/mol. The van der Waals surface area contributed by atoms with Crippen molar-refractivity contribution in [2.45, 2.75) is 44.9 Å². The van der Waals surface area contributed by atoms with Gasteiger partial charge in [0.05, 0.1) is 23.8 Å². The Bertz CT molecular complexity index is 673. The number of hydrogen-bond donors (Lipinski definition) is 0. The molecule has 6 nitrogen and oxygen atoms in total. The molecule has 2 saturated heterocycles. The first-order valence-corrected chi connectivity index (χ1v) is 7.81. The van der Waals surface area contributed by atoms with Crippen molar-refractivity contribution in [3.05, 3.63) is 11.5 Å². The highest BCUT2D eigenvalue weighted by molar-refractivity contribution is 6.28. The Morgan fingerprint density at radius 2 is 1.95 bits per heavy atom. The van der Waals surface area contributed by atoms with Gasteiger partial charge in [0.1, 0.15) is 5.82 Å². The van der Waals surface area contributed by atoms with Crippen LogP contribution in [0.4, 0.5) is 5.82 Å². The van der Waals surface area contributed by atoms with Crippen LogP contribution in [0.15, 0.2) is 6.20 Å². The second kappa shape index (κ2) is 4.81. The van der Waals surface area contributed by atoms with Gasteiger partial charge < -0.3 is 9.64 Å². The molecule has 2 aromatic rings. The van der Waals surface area contributed by atoms with Gasteiger partial charge in [0.15, 0.2) is 5.65 Å². The van der Waals surface area contributed by atoms with Crippen molar-refractivity contribution < 1.29 is 4.74 Å². The molecular formula is C14H18ClN5O. The number of nitrogens with zero attached hydrogens (tertiary/aromatic N) is 5. The van der Waals surface area contributed by atoms with E-state index in [0.29, 0.717) is 12.2 Å². The van der Waals surface area contributed by atoms with Crippen LogP contribution in [0.3, 0.4) is 0 Å². The summed E-state index contributed by atoms with van der Waals surface area (Å²) in [4.78, 5) is 11.1. The molecule has 2 aliphatic heterocycles. The van der Waals surface area contributed by atoms with Gasteiger partial charge in [0.25, 0.3) is 0 Å². The summed E-state index contributed by atoms with van der Waals surface area (Å²) in [5.41, 5.74) is 0.804. The number of hydrogen-bond acceptors (Lipinski definition) is 5. The van der Waals surface area contributed by atoms with Crippen LogP contribution in [-0.4, -0.2) is 45.0 Å². The summed E-state index contributed by atoms with van der Waals surface area (Å²) in [7, 11) is 0. The Morgan fingerprint density at radius 1 is 1.24 bits per heavy atom. The zero-order chi connectivity index (χ0) is 14.6. The first-order valence-electron chi connectivity index (χ1n) is 7.43. The fourth-order valence-electron chi connectivity index (χ4n) is 3.29. The van der Waals surface area contributed by atoms with Crippen LogP contribution in [0.25, 0.3) is 11.0 Å². The van der Waals surface area contributed by atoms with Crippen LogP contribution in [0.1, 0.15) is 32.7 Å². The average Bonchev–Trinajstić information content (AvgIpc) is 3.01. The molecule has 0 unspecified atom stereocenters. The van der Waals surface area contributed by atoms with Gasteiger partial charge in [-0.2, -0.15) is 15.1 Å². The van der Waals surface area contributed by atoms with Crippen molar-refractivity contribution in [3.63, 3.8) is 0 Å². The van der Waals surface area contributed by atoms with E-state index >= 15 is 0 Å². The lowest BCUT2D eigenvalue weighted by Crippen LogP contribution is -2.43. The van der Waals surface area contributed by atoms with E-state index in [-0.39, 0.29) is 11.3 Å². The van der Waals surface area contributed by atoms with E-state index in [1.54, 1.807) is 0 Å². The number of ether oxygens (including phenoxy) is 1. The maximum absolute atomic E-state index is 6.14. The molecule has 0 aromatic carbocycles. The highest BCUT2D eigenvalue weighted by atomic mass is 35.5. The van der Waals surface area contributed by atoms with Gasteiger partial charge >= 0.3 is 0 Å². The minimum atomic E-state index is 0.238. The molecule has 0 radical (unpaired) electrons. The molecule has 2 aliphatic rings. The normalized spacial score (nSPS) is 25.2. The van der Waals surface area contributed by atoms with Crippen molar-refractivity contribution in [3.8, 4) is 0 Å². The van der Waals surface area contributed by atoms with Gasteiger partial charge in [-0.25, -0.2) is 4.68 Å². The third-order valence-electron chi connectivity index (χ3n) is 4.24. The smallest absolute Gasteiger partial charge is 0.226 e. The van der Waals surface area contributed by atoms with E-state index in [2.05, 4.69) is 33.8 Å². The zero-order valence-electron chi connectivity index (χ0n) is 12.2. The zero-order valence-corrected chi connectivity index (χ0v) is 12.9. The minimum absolute atomic E-state index is 0.238. The maximum atomic E-state index is 6.14. The Morgan fingerprint density at radius 3 is 2.62 bits per heavy atom. The number of aromatic nitrogens is 4. The van der Waals surface area contributed by atoms with Crippen LogP contribution >= 0.6 is 11.6 Å². The second-order valence-electron chi connectivity index (χ2n) is 6.10. The Labute approximate surface area is 128 Å². The molecule has 4 heterocycles. The van der Waals surface area contributed by atoms with Gasteiger partial charge in [0.2, 0.25) is 5.28 Å². The van der Waals surface area contributed by atoms with E-state index in [9.17, 15) is 0 Å². The second-order valence-corrected chi connectivity index (χ2v) is 6.44. The fourth-order valence-corrected chi connectivity index (χ4v) is 3.45. The third kappa shape index (κ3) is 2.17. The molecule has 2 aromatic heterocycles. The number of rotatable bonds is 2. The predicted molar refractivity (Wildman–Crippen MR) is 80.8 cm³/mol. The number of fused-ring (bicyclic) bond motifs is 3. The summed E-state index contributed by atoms with van der Waals surface area (Å²) in [5, 5.41) is 5.69. The van der Waals surface area contributed by atoms with Crippen LogP contribution in [-0.2, 0) is 4.74 Å². The van der Waals surface area contributed by atoms with Crippen LogP contribution in [0.2, 0.25) is 5.28 Å². The van der Waals surface area contributed by atoms with Crippen LogP contribution < -0.4 is 4.90 Å². The van der Waals surface area contributed by atoms with E-state index in [1.165, 1.54) is 0 Å². The van der Waals surface area contributed by atoms with Crippen molar-refractivity contribution in [1.82, 2.24) is 19.7 Å². The molecule has 21 heavy (non-hydrogen) atoms. The lowest BCUT2D eigenvalue weighted by molar-refractivity contribution is 0.0303. The predicted octanol–water partition coefficient (Wildman–Crippen LogP) is 2.43. The standard InChI is InChI=1S/C14H18ClN5O/c1-8(2)20-13-11(5-16-20)12(17-14(15)18-13)19-6-9-3-4-10(7-19)21-9/h5,8-10H,3-4,6-7H2,1-2H3/t9-,10+. The summed E-state index contributed by atoms with van der Waals surface area (Å²) in [6.45, 7) is 5.89. The molecule has 112 valence electrons. The quantitative estimate of drug-likeness (QED) is 0.798. The topological polar surface area (TPSA) is 56.1 Å². The van der Waals surface area contributed by atoms with Crippen molar-refractivity contribution in [1.29, 1.82) is 0 Å². The molecule has 0 aliphatic carbocycles. The highest BCUT2D eigenvalue weighted by Gasteiger charge is 2.35. The first kappa shape index (κ1) is 13.3. The van der Waals surface area contributed by atoms with E-state index in [1.807, 2.05) is 10.9 Å². The number of halogens is 1. The van der Waals surface area contributed by atoms with Gasteiger partial charge in [-0.15, -0.1) is 0 Å². The Kier molecular flexibility index (Phi) is 3.04. The molecule has 2 bridgehead atoms. The molecule has 2 atom stereocenters. The fraction of sp³-hybridized carbons (Fsp3) is 0.643. The largest absolute Gasteiger partial charge is 0.371 e. The molecule has 4 rings (SSSR count). The molecule has 7 heteroatoms. The SMILES string of the molecule is CC(C)n1ncc2c(N3C[C@H]4CC[C@@H](C3)O4)nc(Cl)nc21. The third-order valence-corrected chi connectivity index (χ3v) is 4.41. The van der Waals surface area contributed by atoms with Crippen LogP contribution in [0, 0.1) is 0 Å². The van der Waals surface area contributed by atoms with Crippen molar-refractivity contribution in [2.75, 3.05) is 18.0 Å². The van der Waals surface area contributed by atoms with Gasteiger partial charge in [0, 0.05) is 19.1 Å². The molecule has 0 saturated carbocycles. The van der Waals surface area contributed by atoms with Crippen LogP contribution in [0.5, 0.6) is 0 Å². The minimum Gasteiger partial charge on any atom is -0.371 e. The monoisotopic (exact) mass is 307 g/mol. The summed E-state index contributed by atoms with van der Waals surface area (Å²) < 4.78 is 7.79. The van der Waals surface area contributed by atoms with Gasteiger partial charge in [-0.3, -0.25) is 0 Å². The summed E-state index contributed by atoms with van der Waals surface area (Å²) in [5.74, 6) is 0.886. The highest BCUT2D eigenvalue weighted by Crippen LogP contribution is 2.33. The van der Waals surface area contributed by atoms with E-state index in [0.717, 1.165) is 42.8 Å². The maximum Gasteiger partial charge on any atom is 0.226 e. The number of anilines is 1. The van der Waals surface area contributed by atoms with E-state index < -0.39 is 0 Å². The summed E-state index contributed by atoms with van der Waals surface area (Å²) >= 11 is 6.14.